The molecule has 0 saturated heterocycles. The van der Waals surface area contributed by atoms with Crippen molar-refractivity contribution in [1.82, 2.24) is 5.32 Å². The van der Waals surface area contributed by atoms with Gasteiger partial charge in [0.15, 0.2) is 0 Å². The maximum atomic E-state index is 12.3. The van der Waals surface area contributed by atoms with Crippen LogP contribution in [0.5, 0.6) is 0 Å². The van der Waals surface area contributed by atoms with E-state index in [1.807, 2.05) is 0 Å². The van der Waals surface area contributed by atoms with E-state index in [4.69, 9.17) is 4.74 Å². The summed E-state index contributed by atoms with van der Waals surface area (Å²) < 4.78 is 5.16. The number of thioether (sulfide) groups is 1. The molecule has 3 N–H and O–H groups in total. The van der Waals surface area contributed by atoms with Crippen molar-refractivity contribution in [2.45, 2.75) is 44.2 Å². The number of nitrogens with one attached hydrogen (secondary N) is 2. The maximum Gasteiger partial charge on any atom is 0.408 e. The second-order valence-corrected chi connectivity index (χ2v) is 7.53. The first-order valence-corrected chi connectivity index (χ1v) is 8.36. The molecule has 0 fully saturated rings. The summed E-state index contributed by atoms with van der Waals surface area (Å²) >= 11 is 1.37. The van der Waals surface area contributed by atoms with Crippen molar-refractivity contribution in [3.8, 4) is 0 Å². The fourth-order valence-electron chi connectivity index (χ4n) is 2.15. The van der Waals surface area contributed by atoms with Crippen LogP contribution in [-0.4, -0.2) is 40.5 Å². The standard InChI is InChI=1S/C16H20N2O5S/c1-8-5-12-10(6-9(8)14(20)21)17-13(19)11(7-24-12)18-15(22)23-16(2,3)4/h5-6,11H,7H2,1-4H3,(H,17,19)(H,18,22)(H,20,21)/t11-/m0/s1. The van der Waals surface area contributed by atoms with Crippen LogP contribution in [0.25, 0.3) is 0 Å². The number of anilines is 1. The highest BCUT2D eigenvalue weighted by atomic mass is 32.2. The van der Waals surface area contributed by atoms with Crippen LogP contribution in [0, 0.1) is 6.92 Å². The molecule has 1 aromatic carbocycles. The van der Waals surface area contributed by atoms with E-state index in [0.717, 1.165) is 4.90 Å². The van der Waals surface area contributed by atoms with Gasteiger partial charge in [0.2, 0.25) is 5.91 Å². The number of ether oxygens (including phenoxy) is 1. The first-order valence-electron chi connectivity index (χ1n) is 7.38. The fourth-order valence-corrected chi connectivity index (χ4v) is 3.26. The topological polar surface area (TPSA) is 105 Å². The summed E-state index contributed by atoms with van der Waals surface area (Å²) in [6, 6.07) is 2.39. The molecule has 1 heterocycles. The Morgan fingerprint density at radius 3 is 2.62 bits per heavy atom. The molecule has 0 saturated carbocycles. The summed E-state index contributed by atoms with van der Waals surface area (Å²) in [6.07, 6.45) is -0.670. The normalized spacial score (nSPS) is 17.3. The fraction of sp³-hybridized carbons (Fsp3) is 0.438. The predicted molar refractivity (Wildman–Crippen MR) is 90.6 cm³/mol. The molecule has 0 bridgehead atoms. The Hall–Kier alpha value is -2.22. The average Bonchev–Trinajstić information content (AvgIpc) is 2.56. The average molecular weight is 352 g/mol. The number of aryl methyl sites for hydroxylation is 1. The third-order valence-corrected chi connectivity index (χ3v) is 4.38. The number of hydrogen-bond donors (Lipinski definition) is 3. The van der Waals surface area contributed by atoms with E-state index in [2.05, 4.69) is 10.6 Å². The highest BCUT2D eigenvalue weighted by Gasteiger charge is 2.28. The van der Waals surface area contributed by atoms with Crippen molar-refractivity contribution in [2.75, 3.05) is 11.1 Å². The third kappa shape index (κ3) is 4.41. The Morgan fingerprint density at radius 1 is 1.38 bits per heavy atom. The smallest absolute Gasteiger partial charge is 0.408 e. The van der Waals surface area contributed by atoms with Crippen molar-refractivity contribution in [2.24, 2.45) is 0 Å². The van der Waals surface area contributed by atoms with Crippen molar-refractivity contribution in [3.63, 3.8) is 0 Å². The number of benzene rings is 1. The molecule has 8 heteroatoms. The minimum Gasteiger partial charge on any atom is -0.478 e. The Kier molecular flexibility index (Phi) is 5.08. The van der Waals surface area contributed by atoms with Gasteiger partial charge in [-0.3, -0.25) is 4.79 Å². The summed E-state index contributed by atoms with van der Waals surface area (Å²) in [7, 11) is 0. The van der Waals surface area contributed by atoms with Crippen molar-refractivity contribution in [1.29, 1.82) is 0 Å². The van der Waals surface area contributed by atoms with Gasteiger partial charge in [-0.1, -0.05) is 0 Å². The maximum absolute atomic E-state index is 12.3. The molecular formula is C16H20N2O5S. The van der Waals surface area contributed by atoms with Gasteiger partial charge in [-0.15, -0.1) is 11.8 Å². The molecule has 2 rings (SSSR count). The predicted octanol–water partition coefficient (Wildman–Crippen LogP) is 2.63. The van der Waals surface area contributed by atoms with Gasteiger partial charge in [-0.25, -0.2) is 9.59 Å². The molecule has 1 aliphatic rings. The van der Waals surface area contributed by atoms with Crippen LogP contribution in [0.4, 0.5) is 10.5 Å². The van der Waals surface area contributed by atoms with E-state index in [1.165, 1.54) is 17.8 Å². The lowest BCUT2D eigenvalue weighted by molar-refractivity contribution is -0.117. The molecule has 24 heavy (non-hydrogen) atoms. The van der Waals surface area contributed by atoms with E-state index >= 15 is 0 Å². The Bertz CT molecular complexity index is 696. The first kappa shape index (κ1) is 18.1. The van der Waals surface area contributed by atoms with Crippen LogP contribution in [0.1, 0.15) is 36.7 Å². The van der Waals surface area contributed by atoms with Gasteiger partial charge in [0.25, 0.3) is 0 Å². The minimum absolute atomic E-state index is 0.133. The molecule has 0 radical (unpaired) electrons. The van der Waals surface area contributed by atoms with Gasteiger partial charge < -0.3 is 20.5 Å². The van der Waals surface area contributed by atoms with Crippen LogP contribution in [0.2, 0.25) is 0 Å². The Morgan fingerprint density at radius 2 is 2.04 bits per heavy atom. The number of amides is 2. The van der Waals surface area contributed by atoms with Crippen molar-refractivity contribution in [3.05, 3.63) is 23.3 Å². The van der Waals surface area contributed by atoms with Gasteiger partial charge in [-0.2, -0.15) is 0 Å². The molecule has 0 aliphatic carbocycles. The van der Waals surface area contributed by atoms with Gasteiger partial charge in [0.05, 0.1) is 11.3 Å². The second-order valence-electron chi connectivity index (χ2n) is 6.47. The van der Waals surface area contributed by atoms with Crippen molar-refractivity contribution >= 4 is 35.4 Å². The largest absolute Gasteiger partial charge is 0.478 e. The third-order valence-electron chi connectivity index (χ3n) is 3.23. The molecule has 1 aromatic rings. The van der Waals surface area contributed by atoms with E-state index in [0.29, 0.717) is 17.0 Å². The molecule has 130 valence electrons. The number of carbonyl (C=O) groups excluding carboxylic acids is 2. The Balaban J connectivity index is 2.16. The number of carbonyl (C=O) groups is 3. The molecular weight excluding hydrogens is 332 g/mol. The van der Waals surface area contributed by atoms with Gasteiger partial charge in [0, 0.05) is 10.6 Å². The number of aromatic carboxylic acids is 1. The van der Waals surface area contributed by atoms with Gasteiger partial charge >= 0.3 is 12.1 Å². The summed E-state index contributed by atoms with van der Waals surface area (Å²) in [4.78, 5) is 36.1. The molecule has 2 amide bonds. The zero-order valence-electron chi connectivity index (χ0n) is 13.9. The van der Waals surface area contributed by atoms with Crippen LogP contribution < -0.4 is 10.6 Å². The van der Waals surface area contributed by atoms with Crippen molar-refractivity contribution < 1.29 is 24.2 Å². The van der Waals surface area contributed by atoms with Crippen LogP contribution >= 0.6 is 11.8 Å². The van der Waals surface area contributed by atoms with E-state index in [1.54, 1.807) is 33.8 Å². The summed E-state index contributed by atoms with van der Waals surface area (Å²) in [5.74, 6) is -1.14. The monoisotopic (exact) mass is 352 g/mol. The highest BCUT2D eigenvalue weighted by molar-refractivity contribution is 7.99. The molecule has 0 aromatic heterocycles. The van der Waals surface area contributed by atoms with Crippen LogP contribution in [0.3, 0.4) is 0 Å². The van der Waals surface area contributed by atoms with E-state index in [9.17, 15) is 19.5 Å². The second kappa shape index (κ2) is 6.72. The SMILES string of the molecule is Cc1cc2c(cc1C(=O)O)NC(=O)[C@@H](NC(=O)OC(C)(C)C)CS2. The molecule has 1 atom stereocenters. The molecule has 1 aliphatic heterocycles. The lowest BCUT2D eigenvalue weighted by atomic mass is 10.1. The van der Waals surface area contributed by atoms with Gasteiger partial charge in [0.1, 0.15) is 11.6 Å². The number of carboxylic acid groups (broad SMARTS) is 1. The lowest BCUT2D eigenvalue weighted by Gasteiger charge is -2.22. The summed E-state index contributed by atoms with van der Waals surface area (Å²) in [5, 5.41) is 14.4. The number of hydrogen-bond acceptors (Lipinski definition) is 5. The zero-order valence-corrected chi connectivity index (χ0v) is 14.7. The first-order chi connectivity index (χ1) is 11.1. The van der Waals surface area contributed by atoms with E-state index < -0.39 is 29.6 Å². The quantitative estimate of drug-likeness (QED) is 0.756. The van der Waals surface area contributed by atoms with Gasteiger partial charge in [-0.05, 0) is 45.4 Å². The Labute approximate surface area is 144 Å². The molecule has 7 nitrogen and oxygen atoms in total. The summed E-state index contributed by atoms with van der Waals surface area (Å²) in [5.41, 5.74) is 0.519. The van der Waals surface area contributed by atoms with E-state index in [-0.39, 0.29) is 5.56 Å². The summed E-state index contributed by atoms with van der Waals surface area (Å²) in [6.45, 7) is 6.91. The van der Waals surface area contributed by atoms with Crippen LogP contribution in [0.15, 0.2) is 17.0 Å². The number of alkyl carbamates (subject to hydrolysis) is 1. The number of rotatable bonds is 2. The highest BCUT2D eigenvalue weighted by Crippen LogP contribution is 2.33. The minimum atomic E-state index is -1.05. The molecule has 0 spiro atoms. The van der Waals surface area contributed by atoms with Crippen LogP contribution in [-0.2, 0) is 9.53 Å². The zero-order chi connectivity index (χ0) is 18.1. The number of fused-ring (bicyclic) bond motifs is 1. The molecule has 0 unspecified atom stereocenters. The number of carboxylic acids is 1. The lowest BCUT2D eigenvalue weighted by Crippen LogP contribution is -2.46.